The zero-order valence-corrected chi connectivity index (χ0v) is 13.5. The lowest BCUT2D eigenvalue weighted by Crippen LogP contribution is -2.60. The zero-order chi connectivity index (χ0) is 14.3. The second-order valence-corrected chi connectivity index (χ2v) is 11.9. The third-order valence-corrected chi connectivity index (χ3v) is 7.23. The van der Waals surface area contributed by atoms with Gasteiger partial charge in [-0.05, 0) is 12.5 Å². The van der Waals surface area contributed by atoms with Gasteiger partial charge < -0.3 is 14.9 Å². The van der Waals surface area contributed by atoms with Gasteiger partial charge in [0.1, 0.15) is 13.4 Å². The average molecular weight is 276 g/mol. The summed E-state index contributed by atoms with van der Waals surface area (Å²) in [5.74, 6) is 0. The van der Waals surface area contributed by atoms with Crippen molar-refractivity contribution in [3.63, 3.8) is 0 Å². The Morgan fingerprint density at radius 2 is 1.74 bits per heavy atom. The smallest absolute Gasteiger partial charge is 0.120 e. The maximum atomic E-state index is 10.8. The van der Waals surface area contributed by atoms with Gasteiger partial charge in [0, 0.05) is 13.2 Å². The van der Waals surface area contributed by atoms with Crippen LogP contribution in [0.15, 0.2) is 36.5 Å². The van der Waals surface area contributed by atoms with Crippen molar-refractivity contribution < 1.29 is 5.11 Å². The van der Waals surface area contributed by atoms with E-state index >= 15 is 0 Å². The fraction of sp³-hybridized carbons (Fsp3) is 0.467. The van der Waals surface area contributed by atoms with Crippen LogP contribution in [0.5, 0.6) is 0 Å². The minimum absolute atomic E-state index is 0.738. The highest BCUT2D eigenvalue weighted by Crippen LogP contribution is 2.32. The van der Waals surface area contributed by atoms with E-state index in [-0.39, 0.29) is 0 Å². The van der Waals surface area contributed by atoms with Gasteiger partial charge in [-0.3, -0.25) is 0 Å². The Balaban J connectivity index is 2.32. The molecule has 1 unspecified atom stereocenters. The lowest BCUT2D eigenvalue weighted by atomic mass is 10.1. The van der Waals surface area contributed by atoms with Gasteiger partial charge in [-0.2, -0.15) is 0 Å². The molecular weight excluding hydrogens is 252 g/mol. The van der Waals surface area contributed by atoms with E-state index in [9.17, 15) is 5.11 Å². The van der Waals surface area contributed by atoms with Crippen molar-refractivity contribution in [1.82, 2.24) is 9.80 Å². The zero-order valence-electron chi connectivity index (χ0n) is 12.5. The highest BCUT2D eigenvalue weighted by atomic mass is 28.3. The largest absolute Gasteiger partial charge is 0.375 e. The molecule has 1 aliphatic heterocycles. The summed E-state index contributed by atoms with van der Waals surface area (Å²) in [6.45, 7) is 9.27. The Labute approximate surface area is 117 Å². The molecule has 1 N–H and O–H groups in total. The second kappa shape index (κ2) is 4.69. The fourth-order valence-electron chi connectivity index (χ4n) is 2.19. The SMILES string of the molecule is CN1CN(C(C)(O)[Si](C)(C)C)C=C1c1ccccc1. The molecule has 1 aliphatic rings. The molecule has 1 atom stereocenters. The number of hydrogen-bond donors (Lipinski definition) is 1. The first kappa shape index (κ1) is 14.2. The van der Waals surface area contributed by atoms with Crippen LogP contribution in [0.3, 0.4) is 0 Å². The molecule has 19 heavy (non-hydrogen) atoms. The van der Waals surface area contributed by atoms with Crippen LogP contribution in [0.2, 0.25) is 19.6 Å². The molecule has 0 saturated carbocycles. The predicted molar refractivity (Wildman–Crippen MR) is 82.9 cm³/mol. The van der Waals surface area contributed by atoms with E-state index < -0.39 is 13.4 Å². The molecule has 0 aliphatic carbocycles. The highest BCUT2D eigenvalue weighted by molar-refractivity contribution is 6.78. The Morgan fingerprint density at radius 1 is 1.16 bits per heavy atom. The van der Waals surface area contributed by atoms with E-state index in [0.717, 1.165) is 6.67 Å². The molecule has 0 spiro atoms. The maximum absolute atomic E-state index is 10.8. The van der Waals surface area contributed by atoms with Crippen LogP contribution < -0.4 is 0 Å². The van der Waals surface area contributed by atoms with Gasteiger partial charge in [-0.25, -0.2) is 0 Å². The summed E-state index contributed by atoms with van der Waals surface area (Å²) < 4.78 is 0. The lowest BCUT2D eigenvalue weighted by Gasteiger charge is -2.43. The van der Waals surface area contributed by atoms with Crippen LogP contribution in [0.1, 0.15) is 12.5 Å². The summed E-state index contributed by atoms with van der Waals surface area (Å²) >= 11 is 0. The Bertz CT molecular complexity index is 477. The molecule has 2 rings (SSSR count). The highest BCUT2D eigenvalue weighted by Gasteiger charge is 2.43. The number of benzene rings is 1. The van der Waals surface area contributed by atoms with Crippen molar-refractivity contribution in [3.05, 3.63) is 42.1 Å². The molecule has 104 valence electrons. The first-order chi connectivity index (χ1) is 8.73. The summed E-state index contributed by atoms with van der Waals surface area (Å²) in [5, 5.41) is 10.1. The van der Waals surface area contributed by atoms with Gasteiger partial charge in [0.2, 0.25) is 0 Å². The van der Waals surface area contributed by atoms with Crippen molar-refractivity contribution in [3.8, 4) is 0 Å². The molecule has 1 heterocycles. The number of rotatable bonds is 3. The predicted octanol–water partition coefficient (Wildman–Crippen LogP) is 2.78. The van der Waals surface area contributed by atoms with E-state index in [1.807, 2.05) is 25.1 Å². The van der Waals surface area contributed by atoms with E-state index in [2.05, 4.69) is 54.8 Å². The van der Waals surface area contributed by atoms with Gasteiger partial charge in [-0.1, -0.05) is 50.0 Å². The molecule has 4 heteroatoms. The van der Waals surface area contributed by atoms with E-state index in [1.165, 1.54) is 11.3 Å². The fourth-order valence-corrected chi connectivity index (χ4v) is 3.19. The molecule has 1 aromatic rings. The van der Waals surface area contributed by atoms with Crippen LogP contribution in [0, 0.1) is 0 Å². The summed E-state index contributed by atoms with van der Waals surface area (Å²) in [6, 6.07) is 10.3. The van der Waals surface area contributed by atoms with Crippen LogP contribution in [0.4, 0.5) is 0 Å². The van der Waals surface area contributed by atoms with Gasteiger partial charge in [0.15, 0.2) is 0 Å². The Morgan fingerprint density at radius 3 is 2.26 bits per heavy atom. The van der Waals surface area contributed by atoms with E-state index in [4.69, 9.17) is 0 Å². The summed E-state index contributed by atoms with van der Waals surface area (Å²) in [6.07, 6.45) is 2.09. The van der Waals surface area contributed by atoms with Crippen molar-refractivity contribution in [2.75, 3.05) is 13.7 Å². The van der Waals surface area contributed by atoms with Gasteiger partial charge in [0.25, 0.3) is 0 Å². The van der Waals surface area contributed by atoms with Crippen LogP contribution >= 0.6 is 0 Å². The second-order valence-electron chi connectivity index (χ2n) is 6.46. The topological polar surface area (TPSA) is 26.7 Å². The molecule has 0 aromatic heterocycles. The quantitative estimate of drug-likeness (QED) is 0.860. The molecule has 0 amide bonds. The molecule has 1 aromatic carbocycles. The standard InChI is InChI=1S/C15H24N2OSi/c1-15(18,19(3,4)5)17-11-14(16(2)12-17)13-9-7-6-8-10-13/h6-11,18H,12H2,1-5H3. The van der Waals surface area contributed by atoms with Crippen molar-refractivity contribution in [2.24, 2.45) is 0 Å². The minimum Gasteiger partial charge on any atom is -0.375 e. The van der Waals surface area contributed by atoms with Crippen LogP contribution in [-0.2, 0) is 0 Å². The normalized spacial score (nSPS) is 19.4. The molecule has 0 fully saturated rings. The number of aliphatic hydroxyl groups is 1. The first-order valence-electron chi connectivity index (χ1n) is 6.71. The monoisotopic (exact) mass is 276 g/mol. The number of hydrogen-bond acceptors (Lipinski definition) is 3. The lowest BCUT2D eigenvalue weighted by molar-refractivity contribution is -0.00774. The van der Waals surface area contributed by atoms with Crippen molar-refractivity contribution in [2.45, 2.75) is 31.9 Å². The average Bonchev–Trinajstić information content (AvgIpc) is 2.71. The van der Waals surface area contributed by atoms with Gasteiger partial charge >= 0.3 is 0 Å². The minimum atomic E-state index is -1.70. The van der Waals surface area contributed by atoms with E-state index in [1.54, 1.807) is 0 Å². The molecule has 3 nitrogen and oxygen atoms in total. The molecule has 0 saturated heterocycles. The molecule has 0 radical (unpaired) electrons. The Hall–Kier alpha value is -1.26. The van der Waals surface area contributed by atoms with Crippen LogP contribution in [0.25, 0.3) is 5.70 Å². The van der Waals surface area contributed by atoms with Gasteiger partial charge in [-0.15, -0.1) is 0 Å². The van der Waals surface area contributed by atoms with Gasteiger partial charge in [0.05, 0.1) is 12.4 Å². The molecular formula is C15H24N2OSi. The number of nitrogens with zero attached hydrogens (tertiary/aromatic N) is 2. The molecule has 0 bridgehead atoms. The first-order valence-corrected chi connectivity index (χ1v) is 10.2. The van der Waals surface area contributed by atoms with Crippen molar-refractivity contribution >= 4 is 13.8 Å². The maximum Gasteiger partial charge on any atom is 0.120 e. The Kier molecular flexibility index (Phi) is 3.49. The van der Waals surface area contributed by atoms with Crippen LogP contribution in [-0.4, -0.2) is 42.0 Å². The summed E-state index contributed by atoms with van der Waals surface area (Å²) in [7, 11) is 0.369. The summed E-state index contributed by atoms with van der Waals surface area (Å²) in [5.41, 5.74) is 2.36. The third kappa shape index (κ3) is 2.55. The third-order valence-electron chi connectivity index (χ3n) is 4.10. The van der Waals surface area contributed by atoms with Crippen molar-refractivity contribution in [1.29, 1.82) is 0 Å². The van der Waals surface area contributed by atoms with E-state index in [0.29, 0.717) is 0 Å². The summed E-state index contributed by atoms with van der Waals surface area (Å²) in [4.78, 5) is 4.26.